The number of hydrogen-bond acceptors (Lipinski definition) is 5. The van der Waals surface area contributed by atoms with E-state index in [1.165, 1.54) is 0 Å². The van der Waals surface area contributed by atoms with Crippen LogP contribution in [-0.4, -0.2) is 51.9 Å². The van der Waals surface area contributed by atoms with Gasteiger partial charge in [0, 0.05) is 24.6 Å². The van der Waals surface area contributed by atoms with Crippen molar-refractivity contribution in [3.63, 3.8) is 0 Å². The highest BCUT2D eigenvalue weighted by Gasteiger charge is 2.26. The Morgan fingerprint density at radius 2 is 1.97 bits per heavy atom. The van der Waals surface area contributed by atoms with E-state index in [0.717, 1.165) is 16.8 Å². The lowest BCUT2D eigenvalue weighted by atomic mass is 9.96. The van der Waals surface area contributed by atoms with Crippen LogP contribution in [0.5, 0.6) is 5.75 Å². The molecule has 8 nitrogen and oxygen atoms in total. The summed E-state index contributed by atoms with van der Waals surface area (Å²) < 4.78 is 7.07. The first-order chi connectivity index (χ1) is 14.0. The molecule has 0 unspecified atom stereocenters. The minimum atomic E-state index is -0.286. The highest BCUT2D eigenvalue weighted by Crippen LogP contribution is 2.21. The molecule has 1 aromatic heterocycles. The van der Waals surface area contributed by atoms with Gasteiger partial charge in [-0.15, -0.1) is 5.10 Å². The standard InChI is InChI=1S/C21H23N5O3/c1-29-17-4-2-3-14(11-17)13-26-19-6-5-16(12-18(19)23-24-26)21(28)25-9-7-15(8-10-25)20(22)27/h2-6,11-12,15H,7-10,13H2,1H3,(H2,22,27). The molecule has 2 amide bonds. The largest absolute Gasteiger partial charge is 0.497 e. The number of carbonyl (C=O) groups is 2. The number of carbonyl (C=O) groups excluding carboxylic acids is 2. The van der Waals surface area contributed by atoms with Crippen LogP contribution in [-0.2, 0) is 11.3 Å². The van der Waals surface area contributed by atoms with Crippen LogP contribution in [0.25, 0.3) is 11.0 Å². The van der Waals surface area contributed by atoms with Crippen molar-refractivity contribution in [3.05, 3.63) is 53.6 Å². The number of piperidine rings is 1. The third-order valence-corrected chi connectivity index (χ3v) is 5.41. The molecule has 8 heteroatoms. The predicted octanol–water partition coefficient (Wildman–Crippen LogP) is 1.83. The van der Waals surface area contributed by atoms with E-state index in [1.807, 2.05) is 30.3 Å². The third-order valence-electron chi connectivity index (χ3n) is 5.41. The molecule has 1 saturated heterocycles. The molecule has 0 spiro atoms. The summed E-state index contributed by atoms with van der Waals surface area (Å²) in [4.78, 5) is 25.9. The molecule has 2 N–H and O–H groups in total. The summed E-state index contributed by atoms with van der Waals surface area (Å²) in [5, 5.41) is 8.47. The molecule has 0 bridgehead atoms. The maximum atomic E-state index is 12.8. The Bertz CT molecular complexity index is 1050. The average molecular weight is 393 g/mol. The molecule has 0 atom stereocenters. The molecule has 0 radical (unpaired) electrons. The number of rotatable bonds is 5. The lowest BCUT2D eigenvalue weighted by molar-refractivity contribution is -0.123. The van der Waals surface area contributed by atoms with E-state index >= 15 is 0 Å². The van der Waals surface area contributed by atoms with Crippen molar-refractivity contribution in [3.8, 4) is 5.75 Å². The van der Waals surface area contributed by atoms with Crippen LogP contribution in [0.2, 0.25) is 0 Å². The minimum Gasteiger partial charge on any atom is -0.497 e. The second-order valence-electron chi connectivity index (χ2n) is 7.27. The zero-order valence-corrected chi connectivity index (χ0v) is 16.2. The molecule has 29 heavy (non-hydrogen) atoms. The second kappa shape index (κ2) is 7.90. The van der Waals surface area contributed by atoms with E-state index in [0.29, 0.717) is 43.6 Å². The topological polar surface area (TPSA) is 103 Å². The highest BCUT2D eigenvalue weighted by molar-refractivity contribution is 5.97. The molecule has 0 saturated carbocycles. The van der Waals surface area contributed by atoms with E-state index in [1.54, 1.807) is 28.8 Å². The first-order valence-electron chi connectivity index (χ1n) is 9.60. The Labute approximate surface area is 168 Å². The molecule has 150 valence electrons. The van der Waals surface area contributed by atoms with E-state index in [4.69, 9.17) is 10.5 Å². The number of nitrogens with two attached hydrogens (primary N) is 1. The smallest absolute Gasteiger partial charge is 0.253 e. The van der Waals surface area contributed by atoms with Crippen LogP contribution >= 0.6 is 0 Å². The predicted molar refractivity (Wildman–Crippen MR) is 107 cm³/mol. The van der Waals surface area contributed by atoms with Gasteiger partial charge in [0.25, 0.3) is 5.91 Å². The number of hydrogen-bond donors (Lipinski definition) is 1. The molecule has 3 aromatic rings. The lowest BCUT2D eigenvalue weighted by Crippen LogP contribution is -2.41. The van der Waals surface area contributed by atoms with Gasteiger partial charge < -0.3 is 15.4 Å². The molecule has 4 rings (SSSR count). The van der Waals surface area contributed by atoms with Gasteiger partial charge in [0.05, 0.1) is 19.2 Å². The summed E-state index contributed by atoms with van der Waals surface area (Å²) in [5.41, 5.74) is 8.52. The summed E-state index contributed by atoms with van der Waals surface area (Å²) in [5.74, 6) is 0.307. The van der Waals surface area contributed by atoms with E-state index in [9.17, 15) is 9.59 Å². The van der Waals surface area contributed by atoms with Crippen molar-refractivity contribution in [2.75, 3.05) is 20.2 Å². The van der Waals surface area contributed by atoms with E-state index < -0.39 is 0 Å². The maximum Gasteiger partial charge on any atom is 0.253 e. The van der Waals surface area contributed by atoms with E-state index in [-0.39, 0.29) is 17.7 Å². The number of amides is 2. The van der Waals surface area contributed by atoms with Gasteiger partial charge in [0.15, 0.2) is 0 Å². The highest BCUT2D eigenvalue weighted by atomic mass is 16.5. The summed E-state index contributed by atoms with van der Waals surface area (Å²) in [6.07, 6.45) is 1.22. The molecular weight excluding hydrogens is 370 g/mol. The summed E-state index contributed by atoms with van der Waals surface area (Å²) >= 11 is 0. The van der Waals surface area contributed by atoms with Crippen LogP contribution in [0.3, 0.4) is 0 Å². The molecule has 1 aliphatic rings. The van der Waals surface area contributed by atoms with Crippen molar-refractivity contribution >= 4 is 22.8 Å². The third kappa shape index (κ3) is 3.91. The van der Waals surface area contributed by atoms with Crippen LogP contribution in [0.15, 0.2) is 42.5 Å². The van der Waals surface area contributed by atoms with Crippen molar-refractivity contribution in [2.24, 2.45) is 11.7 Å². The van der Waals surface area contributed by atoms with Gasteiger partial charge in [-0.3, -0.25) is 9.59 Å². The van der Waals surface area contributed by atoms with Crippen molar-refractivity contribution in [1.82, 2.24) is 19.9 Å². The van der Waals surface area contributed by atoms with Crippen molar-refractivity contribution < 1.29 is 14.3 Å². The minimum absolute atomic E-state index is 0.0582. The Hall–Kier alpha value is -3.42. The Balaban J connectivity index is 1.50. The summed E-state index contributed by atoms with van der Waals surface area (Å²) in [7, 11) is 1.64. The monoisotopic (exact) mass is 393 g/mol. The summed E-state index contributed by atoms with van der Waals surface area (Å²) in [6.45, 7) is 1.63. The van der Waals surface area contributed by atoms with Gasteiger partial charge in [0.1, 0.15) is 11.3 Å². The maximum absolute atomic E-state index is 12.8. The van der Waals surface area contributed by atoms with Crippen LogP contribution < -0.4 is 10.5 Å². The molecule has 2 heterocycles. The molecule has 1 fully saturated rings. The molecule has 0 aliphatic carbocycles. The summed E-state index contributed by atoms with van der Waals surface area (Å²) in [6, 6.07) is 13.2. The van der Waals surface area contributed by atoms with Gasteiger partial charge in [-0.2, -0.15) is 0 Å². The number of fused-ring (bicyclic) bond motifs is 1. The first kappa shape index (κ1) is 18.9. The quantitative estimate of drug-likeness (QED) is 0.712. The Morgan fingerprint density at radius 1 is 1.17 bits per heavy atom. The van der Waals surface area contributed by atoms with Crippen LogP contribution in [0.4, 0.5) is 0 Å². The van der Waals surface area contributed by atoms with Gasteiger partial charge in [-0.1, -0.05) is 17.3 Å². The zero-order chi connectivity index (χ0) is 20.4. The number of ether oxygens (including phenoxy) is 1. The normalized spacial score (nSPS) is 14.9. The van der Waals surface area contributed by atoms with Gasteiger partial charge >= 0.3 is 0 Å². The van der Waals surface area contributed by atoms with Crippen molar-refractivity contribution in [1.29, 1.82) is 0 Å². The average Bonchev–Trinajstić information content (AvgIpc) is 3.15. The van der Waals surface area contributed by atoms with E-state index in [2.05, 4.69) is 10.3 Å². The number of benzene rings is 2. The van der Waals surface area contributed by atoms with Gasteiger partial charge in [0.2, 0.25) is 5.91 Å². The van der Waals surface area contributed by atoms with Crippen LogP contribution in [0, 0.1) is 5.92 Å². The fraction of sp³-hybridized carbons (Fsp3) is 0.333. The van der Waals surface area contributed by atoms with Crippen molar-refractivity contribution in [2.45, 2.75) is 19.4 Å². The first-order valence-corrected chi connectivity index (χ1v) is 9.60. The number of nitrogens with zero attached hydrogens (tertiary/aromatic N) is 4. The molecule has 1 aliphatic heterocycles. The molecular formula is C21H23N5O3. The second-order valence-corrected chi connectivity index (χ2v) is 7.27. The number of aromatic nitrogens is 3. The molecule has 2 aromatic carbocycles. The Kier molecular flexibility index (Phi) is 5.16. The zero-order valence-electron chi connectivity index (χ0n) is 16.2. The van der Waals surface area contributed by atoms with Crippen LogP contribution in [0.1, 0.15) is 28.8 Å². The number of methoxy groups -OCH3 is 1. The fourth-order valence-corrected chi connectivity index (χ4v) is 3.72. The Morgan fingerprint density at radius 3 is 2.69 bits per heavy atom. The number of likely N-dealkylation sites (tertiary alicyclic amines) is 1. The fourth-order valence-electron chi connectivity index (χ4n) is 3.72. The van der Waals surface area contributed by atoms with Gasteiger partial charge in [-0.05, 0) is 48.7 Å². The van der Waals surface area contributed by atoms with Gasteiger partial charge in [-0.25, -0.2) is 4.68 Å². The number of primary amides is 1. The SMILES string of the molecule is COc1cccc(Cn2nnc3cc(C(=O)N4CCC(C(N)=O)CC4)ccc32)c1. The lowest BCUT2D eigenvalue weighted by Gasteiger charge is -2.30.